The summed E-state index contributed by atoms with van der Waals surface area (Å²) in [7, 11) is -3.67. The number of hydrogen-bond donors (Lipinski definition) is 2. The highest BCUT2D eigenvalue weighted by Gasteiger charge is 2.24. The standard InChI is InChI=1S/C14H17NO5S/c1-9-2-5-11(8-12(9)14(17)18)21(19,20)7-6-13(16)15-10-3-4-10/h2,5,8,10H,3-4,6-7H2,1H3,(H,15,16)(H,17,18). The first-order valence-electron chi connectivity index (χ1n) is 6.65. The van der Waals surface area contributed by atoms with Crippen molar-refractivity contribution in [1.82, 2.24) is 5.32 Å². The van der Waals surface area contributed by atoms with Gasteiger partial charge in [0.15, 0.2) is 9.84 Å². The number of rotatable bonds is 6. The van der Waals surface area contributed by atoms with E-state index < -0.39 is 15.8 Å². The minimum absolute atomic E-state index is 0.0430. The van der Waals surface area contributed by atoms with E-state index >= 15 is 0 Å². The smallest absolute Gasteiger partial charge is 0.335 e. The Morgan fingerprint density at radius 1 is 1.33 bits per heavy atom. The maximum atomic E-state index is 12.2. The predicted octanol–water partition coefficient (Wildman–Crippen LogP) is 1.14. The van der Waals surface area contributed by atoms with Gasteiger partial charge < -0.3 is 10.4 Å². The summed E-state index contributed by atoms with van der Waals surface area (Å²) >= 11 is 0. The van der Waals surface area contributed by atoms with Crippen molar-refractivity contribution in [2.45, 2.75) is 37.1 Å². The lowest BCUT2D eigenvalue weighted by Crippen LogP contribution is -2.27. The number of hydrogen-bond acceptors (Lipinski definition) is 4. The summed E-state index contributed by atoms with van der Waals surface area (Å²) in [6.45, 7) is 1.60. The first-order valence-corrected chi connectivity index (χ1v) is 8.31. The van der Waals surface area contributed by atoms with E-state index in [0.717, 1.165) is 18.9 Å². The lowest BCUT2D eigenvalue weighted by atomic mass is 10.1. The summed E-state index contributed by atoms with van der Waals surface area (Å²) in [5.41, 5.74) is 0.450. The Hall–Kier alpha value is -1.89. The zero-order valence-corrected chi connectivity index (χ0v) is 12.4. The number of benzene rings is 1. The second kappa shape index (κ2) is 5.85. The van der Waals surface area contributed by atoms with E-state index in [9.17, 15) is 18.0 Å². The van der Waals surface area contributed by atoms with Gasteiger partial charge in [-0.15, -0.1) is 0 Å². The molecule has 2 rings (SSSR count). The average Bonchev–Trinajstić information content (AvgIpc) is 3.20. The molecule has 0 spiro atoms. The van der Waals surface area contributed by atoms with Crippen LogP contribution < -0.4 is 5.32 Å². The van der Waals surface area contributed by atoms with Gasteiger partial charge in [0.25, 0.3) is 0 Å². The van der Waals surface area contributed by atoms with Gasteiger partial charge in [-0.05, 0) is 37.5 Å². The molecule has 1 aliphatic carbocycles. The van der Waals surface area contributed by atoms with Crippen molar-refractivity contribution in [2.24, 2.45) is 0 Å². The van der Waals surface area contributed by atoms with Gasteiger partial charge in [0.05, 0.1) is 16.2 Å². The highest BCUT2D eigenvalue weighted by Crippen LogP contribution is 2.20. The summed E-state index contributed by atoms with van der Waals surface area (Å²) in [5, 5.41) is 11.7. The summed E-state index contributed by atoms with van der Waals surface area (Å²) in [4.78, 5) is 22.5. The van der Waals surface area contributed by atoms with Crippen molar-refractivity contribution < 1.29 is 23.1 Å². The number of carbonyl (C=O) groups is 2. The minimum Gasteiger partial charge on any atom is -0.478 e. The van der Waals surface area contributed by atoms with Gasteiger partial charge in [-0.1, -0.05) is 6.07 Å². The fourth-order valence-corrected chi connectivity index (χ4v) is 3.16. The molecule has 1 fully saturated rings. The van der Waals surface area contributed by atoms with Crippen LogP contribution in [0.5, 0.6) is 0 Å². The van der Waals surface area contributed by atoms with Gasteiger partial charge in [-0.3, -0.25) is 4.79 Å². The predicted molar refractivity (Wildman–Crippen MR) is 76.0 cm³/mol. The van der Waals surface area contributed by atoms with Crippen molar-refractivity contribution in [3.63, 3.8) is 0 Å². The van der Waals surface area contributed by atoms with Crippen LogP contribution in [-0.2, 0) is 14.6 Å². The van der Waals surface area contributed by atoms with Crippen LogP contribution >= 0.6 is 0 Å². The Balaban J connectivity index is 2.09. The van der Waals surface area contributed by atoms with E-state index in [2.05, 4.69) is 5.32 Å². The van der Waals surface area contributed by atoms with E-state index in [1.807, 2.05) is 0 Å². The van der Waals surface area contributed by atoms with Gasteiger partial charge in [0.2, 0.25) is 5.91 Å². The van der Waals surface area contributed by atoms with Crippen molar-refractivity contribution in [3.05, 3.63) is 29.3 Å². The van der Waals surface area contributed by atoms with E-state index in [1.54, 1.807) is 6.92 Å². The molecule has 21 heavy (non-hydrogen) atoms. The highest BCUT2D eigenvalue weighted by molar-refractivity contribution is 7.91. The fraction of sp³-hybridized carbons (Fsp3) is 0.429. The zero-order chi connectivity index (χ0) is 15.6. The van der Waals surface area contributed by atoms with Crippen LogP contribution in [-0.4, -0.2) is 37.2 Å². The van der Waals surface area contributed by atoms with Crippen molar-refractivity contribution in [1.29, 1.82) is 0 Å². The van der Waals surface area contributed by atoms with Crippen LogP contribution in [0.3, 0.4) is 0 Å². The molecule has 1 saturated carbocycles. The molecule has 0 aliphatic heterocycles. The van der Waals surface area contributed by atoms with Crippen LogP contribution in [0.4, 0.5) is 0 Å². The molecule has 0 saturated heterocycles. The molecule has 7 heteroatoms. The van der Waals surface area contributed by atoms with Crippen molar-refractivity contribution in [2.75, 3.05) is 5.75 Å². The number of carboxylic acids is 1. The number of aromatic carboxylic acids is 1. The molecule has 1 aliphatic rings. The molecule has 114 valence electrons. The fourth-order valence-electron chi connectivity index (χ4n) is 1.90. The van der Waals surface area contributed by atoms with Crippen LogP contribution in [0.2, 0.25) is 0 Å². The summed E-state index contributed by atoms with van der Waals surface area (Å²) in [6.07, 6.45) is 1.77. The second-order valence-electron chi connectivity index (χ2n) is 5.19. The molecule has 0 heterocycles. The zero-order valence-electron chi connectivity index (χ0n) is 11.6. The van der Waals surface area contributed by atoms with E-state index in [4.69, 9.17) is 5.11 Å². The van der Waals surface area contributed by atoms with E-state index in [-0.39, 0.29) is 34.6 Å². The molecule has 0 atom stereocenters. The number of amides is 1. The SMILES string of the molecule is Cc1ccc(S(=O)(=O)CCC(=O)NC2CC2)cc1C(=O)O. The highest BCUT2D eigenvalue weighted by atomic mass is 32.2. The van der Waals surface area contributed by atoms with Gasteiger partial charge in [0, 0.05) is 12.5 Å². The molecule has 0 radical (unpaired) electrons. The molecule has 2 N–H and O–H groups in total. The van der Waals surface area contributed by atoms with Crippen molar-refractivity contribution >= 4 is 21.7 Å². The van der Waals surface area contributed by atoms with Gasteiger partial charge in [0.1, 0.15) is 0 Å². The Labute approximate surface area is 123 Å². The quantitative estimate of drug-likeness (QED) is 0.820. The maximum Gasteiger partial charge on any atom is 0.335 e. The Bertz CT molecular complexity index is 677. The Morgan fingerprint density at radius 2 is 2.00 bits per heavy atom. The van der Waals surface area contributed by atoms with Gasteiger partial charge in [-0.25, -0.2) is 13.2 Å². The molecule has 1 amide bonds. The number of sulfone groups is 1. The third kappa shape index (κ3) is 4.04. The summed E-state index contributed by atoms with van der Waals surface area (Å²) in [5.74, 6) is -1.78. The van der Waals surface area contributed by atoms with E-state index in [1.165, 1.54) is 12.1 Å². The average molecular weight is 311 g/mol. The van der Waals surface area contributed by atoms with Gasteiger partial charge in [-0.2, -0.15) is 0 Å². The molecule has 0 aromatic heterocycles. The molecule has 0 unspecified atom stereocenters. The normalized spacial score (nSPS) is 14.7. The summed E-state index contributed by atoms with van der Waals surface area (Å²) < 4.78 is 24.3. The molecule has 0 bridgehead atoms. The number of nitrogens with one attached hydrogen (secondary N) is 1. The monoisotopic (exact) mass is 311 g/mol. The Kier molecular flexibility index (Phi) is 4.32. The van der Waals surface area contributed by atoms with Crippen molar-refractivity contribution in [3.8, 4) is 0 Å². The maximum absolute atomic E-state index is 12.2. The third-order valence-corrected chi connectivity index (χ3v) is 5.05. The molecule has 1 aromatic rings. The number of carboxylic acid groups (broad SMARTS) is 1. The largest absolute Gasteiger partial charge is 0.478 e. The van der Waals surface area contributed by atoms with Crippen LogP contribution in [0.1, 0.15) is 35.2 Å². The van der Waals surface area contributed by atoms with Crippen LogP contribution in [0, 0.1) is 6.92 Å². The summed E-state index contributed by atoms with van der Waals surface area (Å²) in [6, 6.07) is 4.17. The second-order valence-corrected chi connectivity index (χ2v) is 7.30. The van der Waals surface area contributed by atoms with Crippen LogP contribution in [0.25, 0.3) is 0 Å². The topological polar surface area (TPSA) is 101 Å². The Morgan fingerprint density at radius 3 is 2.57 bits per heavy atom. The number of carbonyl (C=O) groups excluding carboxylic acids is 1. The number of aryl methyl sites for hydroxylation is 1. The molecular formula is C14H17NO5S. The molecule has 6 nitrogen and oxygen atoms in total. The lowest BCUT2D eigenvalue weighted by molar-refractivity contribution is -0.120. The molecule has 1 aromatic carbocycles. The minimum atomic E-state index is -3.67. The van der Waals surface area contributed by atoms with Gasteiger partial charge >= 0.3 is 5.97 Å². The first-order chi connectivity index (χ1) is 9.79. The van der Waals surface area contributed by atoms with Crippen LogP contribution in [0.15, 0.2) is 23.1 Å². The van der Waals surface area contributed by atoms with E-state index in [0.29, 0.717) is 5.56 Å². The first kappa shape index (κ1) is 15.5. The molecular weight excluding hydrogens is 294 g/mol. The lowest BCUT2D eigenvalue weighted by Gasteiger charge is -2.07. The third-order valence-electron chi connectivity index (χ3n) is 3.34.